The van der Waals surface area contributed by atoms with E-state index in [1.807, 2.05) is 37.4 Å². The van der Waals surface area contributed by atoms with Gasteiger partial charge < -0.3 is 0 Å². The molecule has 0 unspecified atom stereocenters. The third kappa shape index (κ3) is 2.92. The fraction of sp³-hybridized carbons (Fsp3) is 0.214. The highest BCUT2D eigenvalue weighted by molar-refractivity contribution is 8.14. The third-order valence-corrected chi connectivity index (χ3v) is 4.00. The van der Waals surface area contributed by atoms with E-state index >= 15 is 0 Å². The number of nitrogens with zero attached hydrogens (tertiary/aromatic N) is 4. The van der Waals surface area contributed by atoms with E-state index in [4.69, 9.17) is 0 Å². The molecule has 0 saturated heterocycles. The van der Waals surface area contributed by atoms with Crippen LogP contribution in [-0.4, -0.2) is 22.0 Å². The highest BCUT2D eigenvalue weighted by atomic mass is 32.2. The molecule has 0 amide bonds. The number of hydrazine groups is 1. The molecule has 0 radical (unpaired) electrons. The van der Waals surface area contributed by atoms with Gasteiger partial charge in [-0.1, -0.05) is 30.3 Å². The number of amidine groups is 1. The van der Waals surface area contributed by atoms with Crippen LogP contribution in [0.3, 0.4) is 0 Å². The molecule has 0 saturated carbocycles. The Hall–Kier alpha value is -2.28. The normalized spacial score (nSPS) is 15.7. The fourth-order valence-corrected chi connectivity index (χ4v) is 2.91. The molecule has 1 N–H and O–H groups in total. The summed E-state index contributed by atoms with van der Waals surface area (Å²) in [5, 5.41) is 7.57. The predicted molar refractivity (Wildman–Crippen MR) is 84.5 cm³/mol. The van der Waals surface area contributed by atoms with Crippen molar-refractivity contribution in [2.24, 2.45) is 12.0 Å². The summed E-state index contributed by atoms with van der Waals surface area (Å²) in [5.74, 6) is 0. The molecule has 2 heterocycles. The van der Waals surface area contributed by atoms with Crippen molar-refractivity contribution < 1.29 is 0 Å². The molecule has 7 heteroatoms. The molecule has 0 spiro atoms. The van der Waals surface area contributed by atoms with E-state index in [0.717, 1.165) is 21.4 Å². The molecule has 0 bridgehead atoms. The first-order valence-electron chi connectivity index (χ1n) is 6.48. The minimum atomic E-state index is -0.132. The van der Waals surface area contributed by atoms with Crippen molar-refractivity contribution in [3.8, 4) is 0 Å². The maximum Gasteiger partial charge on any atom is 0.268 e. The number of fused-ring (bicyclic) bond motifs is 1. The van der Waals surface area contributed by atoms with Gasteiger partial charge in [0.2, 0.25) is 0 Å². The third-order valence-electron chi connectivity index (χ3n) is 3.11. The van der Waals surface area contributed by atoms with Crippen molar-refractivity contribution >= 4 is 22.6 Å². The SMILES string of the molecule is CN1NC(=NCc2ccccc2)Sc2nn(C)c(=O)cc21. The lowest BCUT2D eigenvalue weighted by Gasteiger charge is -2.28. The Morgan fingerprint density at radius 2 is 2.05 bits per heavy atom. The van der Waals surface area contributed by atoms with Crippen LogP contribution >= 0.6 is 11.8 Å². The van der Waals surface area contributed by atoms with Crippen LogP contribution in [0.2, 0.25) is 0 Å². The minimum Gasteiger partial charge on any atom is -0.286 e. The zero-order valence-corrected chi connectivity index (χ0v) is 12.6. The van der Waals surface area contributed by atoms with E-state index in [0.29, 0.717) is 6.54 Å². The Morgan fingerprint density at radius 3 is 2.81 bits per heavy atom. The molecule has 1 aromatic heterocycles. The minimum absolute atomic E-state index is 0.132. The highest BCUT2D eigenvalue weighted by Gasteiger charge is 2.21. The van der Waals surface area contributed by atoms with Crippen LogP contribution in [-0.2, 0) is 13.6 Å². The number of aryl methyl sites for hydroxylation is 1. The molecule has 6 nitrogen and oxygen atoms in total. The number of aliphatic imine (C=N–C) groups is 1. The Kier molecular flexibility index (Phi) is 3.66. The first kappa shape index (κ1) is 13.7. The summed E-state index contributed by atoms with van der Waals surface area (Å²) < 4.78 is 1.33. The Bertz CT molecular complexity index is 741. The molecule has 0 fully saturated rings. The number of anilines is 1. The van der Waals surface area contributed by atoms with Gasteiger partial charge in [-0.05, 0) is 17.3 Å². The van der Waals surface area contributed by atoms with Crippen LogP contribution in [0.5, 0.6) is 0 Å². The summed E-state index contributed by atoms with van der Waals surface area (Å²) in [6.07, 6.45) is 0. The quantitative estimate of drug-likeness (QED) is 0.908. The average molecular weight is 301 g/mol. The summed E-state index contributed by atoms with van der Waals surface area (Å²) in [5.41, 5.74) is 4.93. The number of nitrogens with one attached hydrogen (secondary N) is 1. The molecule has 0 atom stereocenters. The summed E-state index contributed by atoms with van der Waals surface area (Å²) in [6.45, 7) is 0.602. The summed E-state index contributed by atoms with van der Waals surface area (Å²) in [7, 11) is 3.49. The van der Waals surface area contributed by atoms with Gasteiger partial charge >= 0.3 is 0 Å². The van der Waals surface area contributed by atoms with Crippen LogP contribution in [0.15, 0.2) is 51.2 Å². The van der Waals surface area contributed by atoms with Gasteiger partial charge in [-0.15, -0.1) is 0 Å². The zero-order chi connectivity index (χ0) is 14.8. The van der Waals surface area contributed by atoms with Crippen LogP contribution in [0, 0.1) is 0 Å². The molecule has 3 rings (SSSR count). The molecule has 108 valence electrons. The Morgan fingerprint density at radius 1 is 1.29 bits per heavy atom. The molecule has 1 aromatic carbocycles. The summed E-state index contributed by atoms with van der Waals surface area (Å²) in [6, 6.07) is 11.6. The number of thioether (sulfide) groups is 1. The van der Waals surface area contributed by atoms with Gasteiger partial charge in [-0.2, -0.15) is 5.10 Å². The lowest BCUT2D eigenvalue weighted by Crippen LogP contribution is -2.42. The zero-order valence-electron chi connectivity index (χ0n) is 11.8. The maximum atomic E-state index is 11.6. The van der Waals surface area contributed by atoms with Crippen LogP contribution in [0.25, 0.3) is 0 Å². The van der Waals surface area contributed by atoms with Crippen molar-refractivity contribution in [1.82, 2.24) is 15.2 Å². The maximum absolute atomic E-state index is 11.6. The smallest absolute Gasteiger partial charge is 0.268 e. The second-order valence-corrected chi connectivity index (χ2v) is 5.65. The first-order valence-corrected chi connectivity index (χ1v) is 7.30. The molecule has 1 aliphatic heterocycles. The van der Waals surface area contributed by atoms with Gasteiger partial charge in [0.25, 0.3) is 5.56 Å². The molecule has 1 aliphatic rings. The fourth-order valence-electron chi connectivity index (χ4n) is 1.95. The van der Waals surface area contributed by atoms with E-state index in [1.54, 1.807) is 18.1 Å². The second-order valence-electron chi connectivity index (χ2n) is 4.68. The molecular formula is C14H15N5OS. The van der Waals surface area contributed by atoms with Crippen LogP contribution in [0.4, 0.5) is 5.69 Å². The van der Waals surface area contributed by atoms with Gasteiger partial charge in [-0.3, -0.25) is 20.2 Å². The van der Waals surface area contributed by atoms with Crippen molar-refractivity contribution in [1.29, 1.82) is 0 Å². The lowest BCUT2D eigenvalue weighted by molar-refractivity contribution is 0.658. The molecular weight excluding hydrogens is 286 g/mol. The molecule has 0 aliphatic carbocycles. The van der Waals surface area contributed by atoms with E-state index in [1.165, 1.54) is 16.4 Å². The van der Waals surface area contributed by atoms with Crippen molar-refractivity contribution in [2.75, 3.05) is 12.1 Å². The number of hydrogen-bond donors (Lipinski definition) is 1. The number of aromatic nitrogens is 2. The van der Waals surface area contributed by atoms with Gasteiger partial charge in [-0.25, -0.2) is 4.68 Å². The standard InChI is InChI=1S/C14H15N5OS/c1-18-11-8-12(20)19(2)16-13(11)21-14(17-18)15-9-10-6-4-3-5-7-10/h3-8H,9H2,1-2H3,(H,15,17). The van der Waals surface area contributed by atoms with Crippen LogP contribution < -0.4 is 16.0 Å². The van der Waals surface area contributed by atoms with E-state index in [-0.39, 0.29) is 5.56 Å². The second kappa shape index (κ2) is 5.61. The van der Waals surface area contributed by atoms with Crippen molar-refractivity contribution in [3.63, 3.8) is 0 Å². The number of benzene rings is 1. The van der Waals surface area contributed by atoms with Crippen molar-refractivity contribution in [2.45, 2.75) is 11.6 Å². The van der Waals surface area contributed by atoms with E-state index in [9.17, 15) is 4.79 Å². The first-order chi connectivity index (χ1) is 10.1. The van der Waals surface area contributed by atoms with Crippen LogP contribution in [0.1, 0.15) is 5.56 Å². The van der Waals surface area contributed by atoms with E-state index < -0.39 is 0 Å². The van der Waals surface area contributed by atoms with Crippen molar-refractivity contribution in [3.05, 3.63) is 52.3 Å². The Balaban J connectivity index is 1.84. The van der Waals surface area contributed by atoms with Gasteiger partial charge in [0, 0.05) is 20.2 Å². The number of hydrogen-bond acceptors (Lipinski definition) is 5. The molecule has 2 aromatic rings. The Labute approximate surface area is 126 Å². The van der Waals surface area contributed by atoms with Gasteiger partial charge in [0.05, 0.1) is 12.2 Å². The lowest BCUT2D eigenvalue weighted by atomic mass is 10.2. The van der Waals surface area contributed by atoms with E-state index in [2.05, 4.69) is 15.5 Å². The summed E-state index contributed by atoms with van der Waals surface area (Å²) >= 11 is 1.43. The average Bonchev–Trinajstić information content (AvgIpc) is 2.48. The number of rotatable bonds is 2. The highest BCUT2D eigenvalue weighted by Crippen LogP contribution is 2.29. The monoisotopic (exact) mass is 301 g/mol. The predicted octanol–water partition coefficient (Wildman–Crippen LogP) is 1.38. The topological polar surface area (TPSA) is 62.5 Å². The molecule has 21 heavy (non-hydrogen) atoms. The summed E-state index contributed by atoms with van der Waals surface area (Å²) in [4.78, 5) is 16.2. The largest absolute Gasteiger partial charge is 0.286 e. The van der Waals surface area contributed by atoms with Gasteiger partial charge in [0.15, 0.2) is 5.17 Å². The van der Waals surface area contributed by atoms with Gasteiger partial charge in [0.1, 0.15) is 5.03 Å².